The first-order valence-electron chi connectivity index (χ1n) is 17.6. The molecule has 0 bridgehead atoms. The van der Waals surface area contributed by atoms with E-state index in [-0.39, 0.29) is 8.80 Å². The Balaban J connectivity index is 1.51. The van der Waals surface area contributed by atoms with Gasteiger partial charge in [0, 0.05) is 38.1 Å². The molecule has 0 saturated carbocycles. The average molecular weight is 660 g/mol. The van der Waals surface area contributed by atoms with E-state index in [0.717, 1.165) is 0 Å². The van der Waals surface area contributed by atoms with Crippen LogP contribution in [0.1, 0.15) is 71.1 Å². The van der Waals surface area contributed by atoms with Crippen LogP contribution < -0.4 is 10.4 Å². The Morgan fingerprint density at radius 2 is 0.976 bits per heavy atom. The molecule has 1 aliphatic heterocycles. The molecule has 0 N–H and O–H groups in total. The number of hydrogen-bond donors (Lipinski definition) is 0. The lowest BCUT2D eigenvalue weighted by molar-refractivity contribution is 0.561. The Kier molecular flexibility index (Phi) is 20.7. The largest absolute Gasteiger partial charge is 0.0861 e. The highest BCUT2D eigenvalue weighted by molar-refractivity contribution is 6.92. The third-order valence-corrected chi connectivity index (χ3v) is 25.3. The lowest BCUT2D eigenvalue weighted by Gasteiger charge is -2.33. The fraction of sp³-hybridized carbons (Fsp3) is 0.667. The van der Waals surface area contributed by atoms with Crippen LogP contribution in [0.25, 0.3) is 0 Å². The molecule has 2 aromatic carbocycles. The van der Waals surface area contributed by atoms with Crippen molar-refractivity contribution in [2.45, 2.75) is 150 Å². The molecule has 0 amide bonds. The molecule has 0 aromatic heterocycles. The van der Waals surface area contributed by atoms with Gasteiger partial charge in [0.1, 0.15) is 0 Å². The Bertz CT molecular complexity index is 857. The second-order valence-electron chi connectivity index (χ2n) is 12.5. The molecule has 1 aliphatic rings. The van der Waals surface area contributed by atoms with Crippen LogP contribution in [0.15, 0.2) is 60.7 Å². The highest BCUT2D eigenvalue weighted by atomic mass is 28.3. The van der Waals surface area contributed by atoms with Crippen LogP contribution in [0, 0.1) is 0 Å². The summed E-state index contributed by atoms with van der Waals surface area (Å²) >= 11 is 0. The molecule has 1 heterocycles. The molecule has 42 heavy (non-hydrogen) atoms. The highest BCUT2D eigenvalue weighted by Gasteiger charge is 2.33. The lowest BCUT2D eigenvalue weighted by Crippen LogP contribution is -2.47. The first kappa shape index (κ1) is 36.2. The molecule has 3 rings (SSSR count). The van der Waals surface area contributed by atoms with Gasteiger partial charge in [-0.1, -0.05) is 221 Å². The van der Waals surface area contributed by atoms with Crippen LogP contribution in [-0.4, -0.2) is 54.9 Å². The van der Waals surface area contributed by atoms with Gasteiger partial charge in [0.15, 0.2) is 0 Å². The minimum absolute atomic E-state index is 0.344. The van der Waals surface area contributed by atoms with Crippen molar-refractivity contribution in [3.05, 3.63) is 60.7 Å². The first-order chi connectivity index (χ1) is 20.8. The summed E-state index contributed by atoms with van der Waals surface area (Å²) in [6.45, 7) is 2.32. The van der Waals surface area contributed by atoms with Crippen LogP contribution in [0.4, 0.5) is 0 Å². The van der Waals surface area contributed by atoms with E-state index < -0.39 is 8.07 Å². The summed E-state index contributed by atoms with van der Waals surface area (Å²) in [7, 11) is 3.05. The van der Waals surface area contributed by atoms with Gasteiger partial charge < -0.3 is 0 Å². The topological polar surface area (TPSA) is 0 Å². The molecule has 1 fully saturated rings. The van der Waals surface area contributed by atoms with Crippen molar-refractivity contribution in [1.29, 1.82) is 0 Å². The normalized spacial score (nSPS) is 18.7. The molecule has 0 unspecified atom stereocenters. The summed E-state index contributed by atoms with van der Waals surface area (Å²) in [5, 5.41) is 3.52. The van der Waals surface area contributed by atoms with Crippen LogP contribution in [0.5, 0.6) is 0 Å². The van der Waals surface area contributed by atoms with E-state index in [1.54, 1.807) is 23.3 Å². The first-order valence-corrected chi connectivity index (χ1v) is 27.8. The lowest BCUT2D eigenvalue weighted by atomic mass is 10.1. The second kappa shape index (κ2) is 24.0. The van der Waals surface area contributed by atoms with Gasteiger partial charge in [-0.25, -0.2) is 0 Å². The van der Waals surface area contributed by atoms with Crippen molar-refractivity contribution in [2.24, 2.45) is 0 Å². The van der Waals surface area contributed by atoms with E-state index >= 15 is 0 Å². The monoisotopic (exact) mass is 659 g/mol. The Morgan fingerprint density at radius 3 is 1.50 bits per heavy atom. The van der Waals surface area contributed by atoms with Crippen molar-refractivity contribution < 1.29 is 0 Å². The maximum atomic E-state index is 2.55. The molecule has 227 valence electrons. The van der Waals surface area contributed by atoms with Crippen LogP contribution in [0.3, 0.4) is 0 Å². The second-order valence-corrected chi connectivity index (χ2v) is 26.0. The van der Waals surface area contributed by atoms with Crippen LogP contribution in [-0.2, 0) is 0 Å². The molecule has 6 heteroatoms. The van der Waals surface area contributed by atoms with Crippen molar-refractivity contribution in [3.63, 3.8) is 0 Å². The summed E-state index contributed by atoms with van der Waals surface area (Å²) in [5.74, 6) is 0. The van der Waals surface area contributed by atoms with Crippen molar-refractivity contribution in [1.82, 2.24) is 0 Å². The van der Waals surface area contributed by atoms with Crippen molar-refractivity contribution >= 4 is 65.3 Å². The zero-order valence-electron chi connectivity index (χ0n) is 27.0. The van der Waals surface area contributed by atoms with Gasteiger partial charge in [0.2, 0.25) is 0 Å². The average Bonchev–Trinajstić information content (AvgIpc) is 3.03. The Hall–Kier alpha value is -0.259. The SMILES string of the molecule is CCCCCCCCCCCC[Si]1(c2ccccc2)CC[Si]CC[Si]CC[Si](c2ccccc2)CC[Si]CC[Si]CC1. The third-order valence-electron chi connectivity index (χ3n) is 9.30. The minimum atomic E-state index is -1.42. The van der Waals surface area contributed by atoms with Gasteiger partial charge in [-0.15, -0.1) is 0 Å². The standard InChI is InChI=1S/C36H59Si6/c1-2-3-4-5-6-7-8-9-10-17-32-42(36-20-15-12-16-21-36)33-28-39-24-22-37-26-30-41(35-18-13-11-14-19-35)31-27-38-23-25-40-29-34-42/h11-16,18-21H,2-10,17,22-34H2,1H3. The fourth-order valence-electron chi connectivity index (χ4n) is 6.63. The smallest absolute Gasteiger partial charge is 0.0654 e. The Labute approximate surface area is 274 Å². The summed E-state index contributed by atoms with van der Waals surface area (Å²) in [6.07, 6.45) is 14.6. The molecular formula is C36H59Si6. The molecular weight excluding hydrogens is 601 g/mol. The number of rotatable bonds is 13. The maximum absolute atomic E-state index is 2.55. The van der Waals surface area contributed by atoms with Gasteiger partial charge in [-0.05, 0) is 0 Å². The Morgan fingerprint density at radius 1 is 0.524 bits per heavy atom. The van der Waals surface area contributed by atoms with E-state index in [4.69, 9.17) is 0 Å². The van der Waals surface area contributed by atoms with Gasteiger partial charge in [0.25, 0.3) is 0 Å². The minimum Gasteiger partial charge on any atom is -0.0654 e. The number of hydrogen-bond acceptors (Lipinski definition) is 0. The van der Waals surface area contributed by atoms with E-state index in [0.29, 0.717) is 0 Å². The van der Waals surface area contributed by atoms with Gasteiger partial charge >= 0.3 is 0 Å². The predicted molar refractivity (Wildman–Crippen MR) is 201 cm³/mol. The van der Waals surface area contributed by atoms with E-state index in [2.05, 4.69) is 67.6 Å². The number of benzene rings is 2. The summed E-state index contributed by atoms with van der Waals surface area (Å²) in [4.78, 5) is 0. The summed E-state index contributed by atoms with van der Waals surface area (Å²) in [5.41, 5.74) is 0. The quantitative estimate of drug-likeness (QED) is 0.148. The molecule has 9 radical (unpaired) electrons. The van der Waals surface area contributed by atoms with Crippen LogP contribution in [0.2, 0.25) is 78.6 Å². The fourth-order valence-corrected chi connectivity index (χ4v) is 24.5. The van der Waals surface area contributed by atoms with Gasteiger partial charge in [-0.2, -0.15) is 0 Å². The summed E-state index contributed by atoms with van der Waals surface area (Å²) in [6, 6.07) is 43.5. The zero-order valence-corrected chi connectivity index (χ0v) is 33.0. The zero-order chi connectivity index (χ0) is 29.4. The van der Waals surface area contributed by atoms with Crippen LogP contribution >= 0.6 is 0 Å². The van der Waals surface area contributed by atoms with Gasteiger partial charge in [-0.3, -0.25) is 0 Å². The van der Waals surface area contributed by atoms with E-state index in [9.17, 15) is 0 Å². The highest BCUT2D eigenvalue weighted by Crippen LogP contribution is 2.29. The van der Waals surface area contributed by atoms with Gasteiger partial charge in [0.05, 0.1) is 16.9 Å². The van der Waals surface area contributed by atoms with Crippen molar-refractivity contribution in [3.8, 4) is 0 Å². The summed E-state index contributed by atoms with van der Waals surface area (Å²) < 4.78 is 0. The molecule has 0 nitrogen and oxygen atoms in total. The molecule has 0 spiro atoms. The molecule has 2 aromatic rings. The maximum Gasteiger partial charge on any atom is 0.0861 e. The van der Waals surface area contributed by atoms with Crippen molar-refractivity contribution in [2.75, 3.05) is 0 Å². The van der Waals surface area contributed by atoms with E-state index in [1.807, 2.05) is 5.19 Å². The number of unbranched alkanes of at least 4 members (excludes halogenated alkanes) is 9. The third kappa shape index (κ3) is 15.2. The molecule has 0 atom stereocenters. The molecule has 1 saturated heterocycles. The molecule has 0 aliphatic carbocycles. The predicted octanol–water partition coefficient (Wildman–Crippen LogP) is 9.84. The van der Waals surface area contributed by atoms with E-state index in [1.165, 1.54) is 163 Å².